The number of hydrogen-bond donors (Lipinski definition) is 1. The molecule has 0 unspecified atom stereocenters. The lowest BCUT2D eigenvalue weighted by Gasteiger charge is -2.21. The van der Waals surface area contributed by atoms with Gasteiger partial charge in [-0.1, -0.05) is 51.8 Å². The standard InChI is InChI=1S/C20H24ClN3O3/c1-5-6-7-13-10-14(20(2,3)4)11-17(19(13)25)23-22-16-9-8-15(21)12-18(16)24(26)27/h8-12,25H,5-7H2,1-4H3. The van der Waals surface area contributed by atoms with E-state index in [2.05, 4.69) is 37.9 Å². The van der Waals surface area contributed by atoms with Crippen molar-refractivity contribution >= 4 is 28.7 Å². The average molecular weight is 390 g/mol. The van der Waals surface area contributed by atoms with Crippen molar-refractivity contribution in [1.82, 2.24) is 0 Å². The van der Waals surface area contributed by atoms with Crippen molar-refractivity contribution in [3.8, 4) is 5.75 Å². The number of aryl methyl sites for hydroxylation is 1. The first-order chi connectivity index (χ1) is 12.6. The molecule has 2 aromatic carbocycles. The first kappa shape index (κ1) is 20.8. The molecule has 0 aliphatic heterocycles. The number of phenols is 1. The Bertz CT molecular complexity index is 874. The van der Waals surface area contributed by atoms with E-state index in [-0.39, 0.29) is 27.6 Å². The van der Waals surface area contributed by atoms with Crippen molar-refractivity contribution in [3.05, 3.63) is 56.6 Å². The minimum Gasteiger partial charge on any atom is -0.505 e. The lowest BCUT2D eigenvalue weighted by molar-refractivity contribution is -0.384. The van der Waals surface area contributed by atoms with Gasteiger partial charge in [0.2, 0.25) is 0 Å². The van der Waals surface area contributed by atoms with E-state index in [9.17, 15) is 15.2 Å². The van der Waals surface area contributed by atoms with Crippen LogP contribution in [0.4, 0.5) is 17.1 Å². The van der Waals surface area contributed by atoms with Crippen LogP contribution in [-0.2, 0) is 11.8 Å². The normalized spacial score (nSPS) is 11.9. The fourth-order valence-corrected chi connectivity index (χ4v) is 2.75. The number of azo groups is 1. The zero-order valence-electron chi connectivity index (χ0n) is 16.0. The number of rotatable bonds is 6. The molecule has 0 aliphatic carbocycles. The number of nitro benzene ring substituents is 1. The Morgan fingerprint density at radius 2 is 1.81 bits per heavy atom. The third-order valence-electron chi connectivity index (χ3n) is 4.23. The molecule has 0 heterocycles. The van der Waals surface area contributed by atoms with Gasteiger partial charge in [0.05, 0.1) is 4.92 Å². The van der Waals surface area contributed by atoms with Crippen LogP contribution in [0.5, 0.6) is 5.75 Å². The highest BCUT2D eigenvalue weighted by molar-refractivity contribution is 6.30. The Kier molecular flexibility index (Phi) is 6.54. The number of phenolic OH excluding ortho intramolecular Hbond substituents is 1. The molecule has 2 aromatic rings. The van der Waals surface area contributed by atoms with Gasteiger partial charge in [0.25, 0.3) is 5.69 Å². The third-order valence-corrected chi connectivity index (χ3v) is 4.47. The van der Waals surface area contributed by atoms with Crippen molar-refractivity contribution in [2.75, 3.05) is 0 Å². The molecule has 0 aliphatic rings. The predicted octanol–water partition coefficient (Wildman–Crippen LogP) is 7.01. The SMILES string of the molecule is CCCCc1cc(C(C)(C)C)cc(N=Nc2ccc(Cl)cc2[N+](=O)[O-])c1O. The highest BCUT2D eigenvalue weighted by Gasteiger charge is 2.19. The number of nitrogens with zero attached hydrogens (tertiary/aromatic N) is 3. The molecule has 0 saturated carbocycles. The van der Waals surface area contributed by atoms with Crippen LogP contribution in [0.25, 0.3) is 0 Å². The molecule has 0 amide bonds. The van der Waals surface area contributed by atoms with E-state index in [0.29, 0.717) is 5.69 Å². The van der Waals surface area contributed by atoms with Crippen LogP contribution in [0, 0.1) is 10.1 Å². The number of halogens is 1. The van der Waals surface area contributed by atoms with Crippen molar-refractivity contribution in [1.29, 1.82) is 0 Å². The predicted molar refractivity (Wildman–Crippen MR) is 108 cm³/mol. The number of nitro groups is 1. The highest BCUT2D eigenvalue weighted by Crippen LogP contribution is 2.39. The average Bonchev–Trinajstić information content (AvgIpc) is 2.59. The van der Waals surface area contributed by atoms with Crippen LogP contribution >= 0.6 is 11.6 Å². The van der Waals surface area contributed by atoms with Crippen LogP contribution in [0.3, 0.4) is 0 Å². The van der Waals surface area contributed by atoms with Gasteiger partial charge in [-0.25, -0.2) is 0 Å². The molecule has 2 rings (SSSR count). The fourth-order valence-electron chi connectivity index (χ4n) is 2.58. The Morgan fingerprint density at radius 3 is 2.41 bits per heavy atom. The topological polar surface area (TPSA) is 88.1 Å². The van der Waals surface area contributed by atoms with E-state index < -0.39 is 4.92 Å². The maximum Gasteiger partial charge on any atom is 0.298 e. The monoisotopic (exact) mass is 389 g/mol. The Morgan fingerprint density at radius 1 is 1.15 bits per heavy atom. The maximum absolute atomic E-state index is 11.2. The second-order valence-corrected chi connectivity index (χ2v) is 7.88. The summed E-state index contributed by atoms with van der Waals surface area (Å²) in [6, 6.07) is 7.95. The summed E-state index contributed by atoms with van der Waals surface area (Å²) in [5.41, 5.74) is 1.85. The van der Waals surface area contributed by atoms with E-state index in [1.54, 1.807) is 6.07 Å². The molecule has 0 aromatic heterocycles. The molecule has 7 heteroatoms. The molecule has 0 bridgehead atoms. The van der Waals surface area contributed by atoms with Crippen molar-refractivity contribution in [2.24, 2.45) is 10.2 Å². The van der Waals surface area contributed by atoms with Crippen molar-refractivity contribution in [3.63, 3.8) is 0 Å². The van der Waals surface area contributed by atoms with Crippen LogP contribution in [0.1, 0.15) is 51.7 Å². The van der Waals surface area contributed by atoms with Gasteiger partial charge < -0.3 is 5.11 Å². The van der Waals surface area contributed by atoms with Crippen molar-refractivity contribution < 1.29 is 10.0 Å². The van der Waals surface area contributed by atoms with Crippen LogP contribution in [0.15, 0.2) is 40.6 Å². The first-order valence-corrected chi connectivity index (χ1v) is 9.23. The molecule has 0 fully saturated rings. The Labute approximate surface area is 164 Å². The Hall–Kier alpha value is -2.47. The lowest BCUT2D eigenvalue weighted by atomic mass is 9.85. The minimum absolute atomic E-state index is 0.0665. The van der Waals surface area contributed by atoms with Gasteiger partial charge in [-0.05, 0) is 47.6 Å². The molecule has 0 atom stereocenters. The number of benzene rings is 2. The summed E-state index contributed by atoms with van der Waals surface area (Å²) in [5, 5.41) is 30.2. The summed E-state index contributed by atoms with van der Waals surface area (Å²) in [6.45, 7) is 8.32. The molecule has 0 saturated heterocycles. The maximum atomic E-state index is 11.2. The number of aromatic hydroxyl groups is 1. The van der Waals surface area contributed by atoms with Gasteiger partial charge in [-0.3, -0.25) is 10.1 Å². The van der Waals surface area contributed by atoms with Gasteiger partial charge in [0.1, 0.15) is 11.4 Å². The second-order valence-electron chi connectivity index (χ2n) is 7.45. The largest absolute Gasteiger partial charge is 0.505 e. The zero-order valence-corrected chi connectivity index (χ0v) is 16.7. The van der Waals surface area contributed by atoms with Crippen molar-refractivity contribution in [2.45, 2.75) is 52.4 Å². The molecule has 6 nitrogen and oxygen atoms in total. The fraction of sp³-hybridized carbons (Fsp3) is 0.400. The molecular weight excluding hydrogens is 366 g/mol. The molecule has 0 spiro atoms. The molecule has 0 radical (unpaired) electrons. The van der Waals surface area contributed by atoms with Gasteiger partial charge in [-0.2, -0.15) is 0 Å². The highest BCUT2D eigenvalue weighted by atomic mass is 35.5. The van der Waals surface area contributed by atoms with Gasteiger partial charge in [0, 0.05) is 11.1 Å². The Balaban J connectivity index is 2.52. The zero-order chi connectivity index (χ0) is 20.2. The minimum atomic E-state index is -0.557. The second kappa shape index (κ2) is 8.48. The lowest BCUT2D eigenvalue weighted by Crippen LogP contribution is -2.11. The molecule has 144 valence electrons. The summed E-state index contributed by atoms with van der Waals surface area (Å²) >= 11 is 5.83. The smallest absolute Gasteiger partial charge is 0.298 e. The summed E-state index contributed by atoms with van der Waals surface area (Å²) in [5.74, 6) is 0.0665. The van der Waals surface area contributed by atoms with E-state index in [0.717, 1.165) is 30.4 Å². The first-order valence-electron chi connectivity index (χ1n) is 8.85. The molecule has 1 N–H and O–H groups in total. The van der Waals surface area contributed by atoms with Gasteiger partial charge in [0.15, 0.2) is 5.69 Å². The van der Waals surface area contributed by atoms with E-state index in [1.807, 2.05) is 6.07 Å². The molecular formula is C20H24ClN3O3. The van der Waals surface area contributed by atoms with Crippen LogP contribution in [-0.4, -0.2) is 10.0 Å². The van der Waals surface area contributed by atoms with Gasteiger partial charge >= 0.3 is 0 Å². The quantitative estimate of drug-likeness (QED) is 0.327. The third kappa shape index (κ3) is 5.26. The van der Waals surface area contributed by atoms with E-state index >= 15 is 0 Å². The van der Waals surface area contributed by atoms with E-state index in [4.69, 9.17) is 11.6 Å². The van der Waals surface area contributed by atoms with Crippen LogP contribution < -0.4 is 0 Å². The van der Waals surface area contributed by atoms with Gasteiger partial charge in [-0.15, -0.1) is 10.2 Å². The summed E-state index contributed by atoms with van der Waals surface area (Å²) in [7, 11) is 0. The summed E-state index contributed by atoms with van der Waals surface area (Å²) in [6.07, 6.45) is 2.68. The van der Waals surface area contributed by atoms with Crippen LogP contribution in [0.2, 0.25) is 5.02 Å². The van der Waals surface area contributed by atoms with E-state index in [1.165, 1.54) is 18.2 Å². The summed E-state index contributed by atoms with van der Waals surface area (Å²) < 4.78 is 0. The summed E-state index contributed by atoms with van der Waals surface area (Å²) in [4.78, 5) is 10.6. The number of hydrogen-bond acceptors (Lipinski definition) is 5. The molecule has 27 heavy (non-hydrogen) atoms. The number of unbranched alkanes of at least 4 members (excludes halogenated alkanes) is 1.